The number of methoxy groups -OCH3 is 1. The van der Waals surface area contributed by atoms with E-state index in [9.17, 15) is 5.11 Å². The molecule has 152 valence electrons. The molecule has 1 N–H and O–H groups in total. The van der Waals surface area contributed by atoms with E-state index >= 15 is 0 Å². The lowest BCUT2D eigenvalue weighted by atomic mass is 10.1. The monoisotopic (exact) mass is 384 g/mol. The second-order valence-electron chi connectivity index (χ2n) is 7.59. The molecule has 6 heteroatoms. The van der Waals surface area contributed by atoms with Gasteiger partial charge >= 0.3 is 0 Å². The van der Waals surface area contributed by atoms with Crippen molar-refractivity contribution < 1.29 is 9.84 Å². The van der Waals surface area contributed by atoms with Crippen molar-refractivity contribution in [2.45, 2.75) is 32.9 Å². The number of piperazine rings is 1. The van der Waals surface area contributed by atoms with Gasteiger partial charge in [-0.25, -0.2) is 4.98 Å². The van der Waals surface area contributed by atoms with E-state index in [0.717, 1.165) is 56.4 Å². The highest BCUT2D eigenvalue weighted by Crippen LogP contribution is 2.19. The van der Waals surface area contributed by atoms with Crippen molar-refractivity contribution in [1.82, 2.24) is 19.4 Å². The minimum atomic E-state index is 0.226. The molecule has 6 nitrogen and oxygen atoms in total. The van der Waals surface area contributed by atoms with E-state index in [-0.39, 0.29) is 6.61 Å². The molecule has 1 fully saturated rings. The van der Waals surface area contributed by atoms with Gasteiger partial charge < -0.3 is 14.4 Å². The van der Waals surface area contributed by atoms with E-state index < -0.39 is 0 Å². The maximum absolute atomic E-state index is 9.50. The Morgan fingerprint density at radius 1 is 1.25 bits per heavy atom. The second kappa shape index (κ2) is 9.87. The fourth-order valence-electron chi connectivity index (χ4n) is 3.69. The van der Waals surface area contributed by atoms with Gasteiger partial charge in [0.25, 0.3) is 0 Å². The van der Waals surface area contributed by atoms with Gasteiger partial charge in [-0.15, -0.1) is 0 Å². The molecule has 0 saturated carbocycles. The minimum Gasteiger partial charge on any atom is -0.497 e. The van der Waals surface area contributed by atoms with E-state index in [1.807, 2.05) is 24.5 Å². The topological polar surface area (TPSA) is 53.8 Å². The summed E-state index contributed by atoms with van der Waals surface area (Å²) in [5, 5.41) is 9.50. The smallest absolute Gasteiger partial charge is 0.127 e. The highest BCUT2D eigenvalue weighted by atomic mass is 16.5. The fraction of sp³-hybridized carbons (Fsp3) is 0.500. The lowest BCUT2D eigenvalue weighted by Crippen LogP contribution is -2.53. The van der Waals surface area contributed by atoms with Crippen LogP contribution in [0.5, 0.6) is 5.75 Å². The predicted octanol–water partition coefficient (Wildman–Crippen LogP) is 2.72. The summed E-state index contributed by atoms with van der Waals surface area (Å²) in [6.07, 6.45) is 6.94. The largest absolute Gasteiger partial charge is 0.497 e. The minimum absolute atomic E-state index is 0.226. The van der Waals surface area contributed by atoms with Gasteiger partial charge in [-0.3, -0.25) is 9.80 Å². The number of nitrogens with zero attached hydrogens (tertiary/aromatic N) is 4. The average molecular weight is 385 g/mol. The Kier molecular flexibility index (Phi) is 7.25. The molecule has 1 aliphatic rings. The Bertz CT molecular complexity index is 765. The maximum Gasteiger partial charge on any atom is 0.127 e. The lowest BCUT2D eigenvalue weighted by Gasteiger charge is -2.41. The fourth-order valence-corrected chi connectivity index (χ4v) is 3.69. The Balaban J connectivity index is 1.67. The zero-order valence-electron chi connectivity index (χ0n) is 17.2. The lowest BCUT2D eigenvalue weighted by molar-refractivity contribution is 0.0621. The normalized spacial score (nSPS) is 18.2. The van der Waals surface area contributed by atoms with Gasteiger partial charge in [0.15, 0.2) is 0 Å². The van der Waals surface area contributed by atoms with Crippen LogP contribution in [0.15, 0.2) is 48.3 Å². The standard InChI is InChI=1S/C22H32N4O2/c1-18(2)8-11-25-14-13-24(16-20(25)9-15-27)17-22-23-10-12-26(22)19-4-6-21(28-3)7-5-19/h4-8,10,12,20,27H,9,11,13-17H2,1-3H3/t20-/m1/s1. The first-order chi connectivity index (χ1) is 13.6. The highest BCUT2D eigenvalue weighted by molar-refractivity contribution is 5.38. The molecule has 1 aromatic carbocycles. The average Bonchev–Trinajstić information content (AvgIpc) is 3.15. The molecule has 0 spiro atoms. The molecule has 0 bridgehead atoms. The van der Waals surface area contributed by atoms with Crippen molar-refractivity contribution in [3.05, 3.63) is 54.1 Å². The van der Waals surface area contributed by atoms with E-state index in [2.05, 4.69) is 51.4 Å². The molecule has 0 radical (unpaired) electrons. The van der Waals surface area contributed by atoms with E-state index in [4.69, 9.17) is 4.74 Å². The van der Waals surface area contributed by atoms with Crippen molar-refractivity contribution in [1.29, 1.82) is 0 Å². The molecule has 1 atom stereocenters. The summed E-state index contributed by atoms with van der Waals surface area (Å²) in [6, 6.07) is 8.42. The van der Waals surface area contributed by atoms with Crippen LogP contribution >= 0.6 is 0 Å². The van der Waals surface area contributed by atoms with Crippen LogP contribution in [0, 0.1) is 0 Å². The Morgan fingerprint density at radius 3 is 2.71 bits per heavy atom. The molecule has 28 heavy (non-hydrogen) atoms. The van der Waals surface area contributed by atoms with Gasteiger partial charge in [0.05, 0.1) is 13.7 Å². The van der Waals surface area contributed by atoms with Gasteiger partial charge in [-0.2, -0.15) is 0 Å². The number of imidazole rings is 1. The number of aliphatic hydroxyl groups is 1. The van der Waals surface area contributed by atoms with E-state index in [1.165, 1.54) is 5.57 Å². The van der Waals surface area contributed by atoms with Crippen LogP contribution in [-0.2, 0) is 6.54 Å². The molecular weight excluding hydrogens is 352 g/mol. The zero-order chi connectivity index (χ0) is 19.9. The van der Waals surface area contributed by atoms with Crippen LogP contribution < -0.4 is 4.74 Å². The number of aromatic nitrogens is 2. The summed E-state index contributed by atoms with van der Waals surface area (Å²) >= 11 is 0. The van der Waals surface area contributed by atoms with Gasteiger partial charge in [0, 0.05) is 56.9 Å². The second-order valence-corrected chi connectivity index (χ2v) is 7.59. The van der Waals surface area contributed by atoms with E-state index in [1.54, 1.807) is 7.11 Å². The molecule has 2 aromatic rings. The molecule has 3 rings (SSSR count). The Labute approximate surface area is 168 Å². The van der Waals surface area contributed by atoms with Crippen molar-refractivity contribution in [2.75, 3.05) is 39.9 Å². The molecule has 0 aliphatic carbocycles. The highest BCUT2D eigenvalue weighted by Gasteiger charge is 2.26. The summed E-state index contributed by atoms with van der Waals surface area (Å²) in [6.45, 7) is 9.23. The quantitative estimate of drug-likeness (QED) is 0.709. The van der Waals surface area contributed by atoms with Crippen molar-refractivity contribution >= 4 is 0 Å². The zero-order valence-corrected chi connectivity index (χ0v) is 17.2. The van der Waals surface area contributed by atoms with Crippen molar-refractivity contribution in [3.8, 4) is 11.4 Å². The maximum atomic E-state index is 9.50. The van der Waals surface area contributed by atoms with Crippen LogP contribution in [0.2, 0.25) is 0 Å². The number of allylic oxidation sites excluding steroid dienone is 1. The molecule has 2 heterocycles. The third-order valence-electron chi connectivity index (χ3n) is 5.32. The van der Waals surface area contributed by atoms with Crippen LogP contribution in [0.3, 0.4) is 0 Å². The first kappa shape index (κ1) is 20.6. The molecule has 0 unspecified atom stereocenters. The molecule has 1 aliphatic heterocycles. The van der Waals surface area contributed by atoms with Crippen LogP contribution in [-0.4, -0.2) is 70.4 Å². The SMILES string of the molecule is COc1ccc(-n2ccnc2CN2CCN(CC=C(C)C)[C@H](CCO)C2)cc1. The van der Waals surface area contributed by atoms with Crippen LogP contribution in [0.1, 0.15) is 26.1 Å². The first-order valence-corrected chi connectivity index (χ1v) is 9.98. The van der Waals surface area contributed by atoms with Crippen molar-refractivity contribution in [3.63, 3.8) is 0 Å². The first-order valence-electron chi connectivity index (χ1n) is 9.98. The van der Waals surface area contributed by atoms with Crippen LogP contribution in [0.25, 0.3) is 5.69 Å². The molecule has 0 amide bonds. The number of hydrogen-bond acceptors (Lipinski definition) is 5. The van der Waals surface area contributed by atoms with E-state index in [0.29, 0.717) is 6.04 Å². The summed E-state index contributed by atoms with van der Waals surface area (Å²) in [7, 11) is 1.68. The number of benzene rings is 1. The number of rotatable bonds is 8. The molecular formula is C22H32N4O2. The van der Waals surface area contributed by atoms with Gasteiger partial charge in [0.2, 0.25) is 0 Å². The third-order valence-corrected chi connectivity index (χ3v) is 5.32. The Hall–Kier alpha value is -2.15. The van der Waals surface area contributed by atoms with Gasteiger partial charge in [-0.05, 0) is 44.5 Å². The number of hydrogen-bond donors (Lipinski definition) is 1. The summed E-state index contributed by atoms with van der Waals surface area (Å²) in [5.41, 5.74) is 2.43. The summed E-state index contributed by atoms with van der Waals surface area (Å²) in [4.78, 5) is 9.52. The summed E-state index contributed by atoms with van der Waals surface area (Å²) in [5.74, 6) is 1.88. The molecule has 1 aromatic heterocycles. The Morgan fingerprint density at radius 2 is 2.04 bits per heavy atom. The van der Waals surface area contributed by atoms with Gasteiger partial charge in [-0.1, -0.05) is 11.6 Å². The molecule has 1 saturated heterocycles. The summed E-state index contributed by atoms with van der Waals surface area (Å²) < 4.78 is 7.39. The van der Waals surface area contributed by atoms with Gasteiger partial charge in [0.1, 0.15) is 11.6 Å². The predicted molar refractivity (Wildman–Crippen MR) is 112 cm³/mol. The number of ether oxygens (including phenoxy) is 1. The third kappa shape index (κ3) is 5.22. The van der Waals surface area contributed by atoms with Crippen molar-refractivity contribution in [2.24, 2.45) is 0 Å². The van der Waals surface area contributed by atoms with Crippen LogP contribution in [0.4, 0.5) is 0 Å². The number of aliphatic hydroxyl groups excluding tert-OH is 1.